The fraction of sp³-hybridized carbons (Fsp3) is 0.0690. The first-order valence-corrected chi connectivity index (χ1v) is 24.6. The van der Waals surface area contributed by atoms with E-state index in [0.717, 1.165) is 31.1 Å². The van der Waals surface area contributed by atoms with Gasteiger partial charge in [-0.15, -0.1) is 0 Å². The Hall–Kier alpha value is -6.79. The molecule has 3 heteroatoms. The maximum atomic E-state index is 10.9. The molecule has 0 atom stereocenters. The molecule has 0 spiro atoms. The van der Waals surface area contributed by atoms with E-state index in [1.54, 1.807) is 0 Å². The molecule has 0 saturated heterocycles. The molecule has 0 aliphatic rings. The summed E-state index contributed by atoms with van der Waals surface area (Å²) in [6, 6.07) is 55.7. The van der Waals surface area contributed by atoms with Crippen molar-refractivity contribution in [2.45, 2.75) is 26.2 Å². The Balaban J connectivity index is 1.52. The Bertz CT molecular complexity index is 3240. The average Bonchev–Trinajstić information content (AvgIpc) is 3.75. The highest BCUT2D eigenvalue weighted by atomic mass is 28.3. The van der Waals surface area contributed by atoms with Crippen LogP contribution in [0.3, 0.4) is 0 Å². The molecule has 0 unspecified atom stereocenters. The summed E-state index contributed by atoms with van der Waals surface area (Å²) in [4.78, 5) is 0. The van der Waals surface area contributed by atoms with Gasteiger partial charge in [0.15, 0.2) is 16.1 Å². The van der Waals surface area contributed by atoms with Gasteiger partial charge in [-0.2, -0.15) is 0 Å². The first-order chi connectivity index (χ1) is 34.1. The fourth-order valence-corrected chi connectivity index (χ4v) is 18.0. The third kappa shape index (κ3) is 6.44. The molecule has 0 amide bonds. The standard InChI is InChI=1S/C58H49NSi2/c1-58(2,3)44-34-36-45(37-35-44)59-56-40-38-52(60(46-22-10-4-11-23-46,47-24-12-5-13-25-47)48-26-14-6-15-27-48)42-54(56)55-43-53(39-41-57(55)59)61(49-28-16-7-17-29-49,50-30-18-8-19-31-50)51-32-20-9-21-33-51/h4-43H,1-3H3/i34D,35D,36D,37D,38D,39D,40D,41D,42D,43D. The minimum absolute atomic E-state index is 0.0595. The molecular formula is C58H49NSi2. The Labute approximate surface area is 376 Å². The molecule has 61 heavy (non-hydrogen) atoms. The van der Waals surface area contributed by atoms with Crippen molar-refractivity contribution in [3.63, 3.8) is 0 Å². The maximum Gasteiger partial charge on any atom is 0.179 e. The molecule has 0 N–H and O–H groups in total. The number of nitrogens with zero attached hydrogens (tertiary/aromatic N) is 1. The van der Waals surface area contributed by atoms with Gasteiger partial charge in [0.25, 0.3) is 0 Å². The van der Waals surface area contributed by atoms with Crippen molar-refractivity contribution in [2.24, 2.45) is 0 Å². The summed E-state index contributed by atoms with van der Waals surface area (Å²) in [6.07, 6.45) is 0. The summed E-state index contributed by atoms with van der Waals surface area (Å²) < 4.78 is 102. The quantitative estimate of drug-likeness (QED) is 0.101. The van der Waals surface area contributed by atoms with Crippen LogP contribution in [0, 0.1) is 0 Å². The first kappa shape index (κ1) is 28.6. The maximum absolute atomic E-state index is 10.9. The smallest absolute Gasteiger partial charge is 0.179 e. The number of fused-ring (bicyclic) bond motifs is 3. The van der Waals surface area contributed by atoms with E-state index in [0.29, 0.717) is 0 Å². The molecule has 0 aliphatic heterocycles. The van der Waals surface area contributed by atoms with Gasteiger partial charge in [-0.1, -0.05) is 239 Å². The number of rotatable bonds is 9. The minimum atomic E-state index is -3.79. The Morgan fingerprint density at radius 3 is 0.885 bits per heavy atom. The molecular weight excluding hydrogens is 767 g/mol. The molecule has 0 aliphatic carbocycles. The van der Waals surface area contributed by atoms with Crippen LogP contribution in [0.2, 0.25) is 0 Å². The van der Waals surface area contributed by atoms with E-state index in [4.69, 9.17) is 0 Å². The normalized spacial score (nSPS) is 14.5. The van der Waals surface area contributed by atoms with Crippen molar-refractivity contribution < 1.29 is 13.7 Å². The van der Waals surface area contributed by atoms with Gasteiger partial charge in [0.05, 0.1) is 24.7 Å². The highest BCUT2D eigenvalue weighted by molar-refractivity contribution is 7.20. The lowest BCUT2D eigenvalue weighted by Gasteiger charge is -2.34. The van der Waals surface area contributed by atoms with E-state index in [9.17, 15) is 13.7 Å². The second kappa shape index (κ2) is 15.7. The topological polar surface area (TPSA) is 4.93 Å². The van der Waals surface area contributed by atoms with E-state index in [1.807, 2.05) is 203 Å². The van der Waals surface area contributed by atoms with Crippen LogP contribution < -0.4 is 41.5 Å². The molecule has 0 radical (unpaired) electrons. The summed E-state index contributed by atoms with van der Waals surface area (Å²) in [5.41, 5.74) is -1.13. The molecule has 9 aromatic carbocycles. The second-order valence-corrected chi connectivity index (χ2v) is 23.9. The van der Waals surface area contributed by atoms with Crippen LogP contribution in [0.1, 0.15) is 40.0 Å². The molecule has 1 heterocycles. The highest BCUT2D eigenvalue weighted by Gasteiger charge is 2.43. The van der Waals surface area contributed by atoms with Gasteiger partial charge in [0.1, 0.15) is 0 Å². The minimum Gasteiger partial charge on any atom is -0.309 e. The van der Waals surface area contributed by atoms with Crippen molar-refractivity contribution in [1.29, 1.82) is 0 Å². The van der Waals surface area contributed by atoms with Crippen LogP contribution in [0.5, 0.6) is 0 Å². The monoisotopic (exact) mass is 825 g/mol. The molecule has 0 saturated carbocycles. The van der Waals surface area contributed by atoms with Gasteiger partial charge >= 0.3 is 0 Å². The van der Waals surface area contributed by atoms with Crippen molar-refractivity contribution in [1.82, 2.24) is 4.57 Å². The predicted octanol–water partition coefficient (Wildman–Crippen LogP) is 8.84. The zero-order valence-electron chi connectivity index (χ0n) is 44.3. The summed E-state index contributed by atoms with van der Waals surface area (Å²) in [6.45, 7) is 5.44. The average molecular weight is 826 g/mol. The Kier molecular flexibility index (Phi) is 7.36. The molecule has 10 rings (SSSR count). The van der Waals surface area contributed by atoms with Crippen LogP contribution >= 0.6 is 0 Å². The zero-order chi connectivity index (χ0) is 50.1. The number of benzene rings is 9. The lowest BCUT2D eigenvalue weighted by Crippen LogP contribution is -2.74. The lowest BCUT2D eigenvalue weighted by molar-refractivity contribution is 0.590. The third-order valence-corrected chi connectivity index (χ3v) is 21.1. The van der Waals surface area contributed by atoms with E-state index in [2.05, 4.69) is 0 Å². The SMILES string of the molecule is [2H]c1c([2H])c(C(C)(C)C)c([2H])c([2H])c1-n1c2c([2H])c([2H])c([Si](c3ccccc3)(c3ccccc3)c3ccccc3)c([2H])c2c2c([2H])c([Si](c3ccccc3)(c3ccccc3)c3ccccc3)c([2H])c([2H])c21. The van der Waals surface area contributed by atoms with Gasteiger partial charge in [0.2, 0.25) is 0 Å². The zero-order valence-corrected chi connectivity index (χ0v) is 36.3. The van der Waals surface area contributed by atoms with Crippen LogP contribution in [0.25, 0.3) is 27.5 Å². The van der Waals surface area contributed by atoms with Crippen molar-refractivity contribution in [3.05, 3.63) is 248 Å². The van der Waals surface area contributed by atoms with Crippen LogP contribution in [0.15, 0.2) is 242 Å². The molecule has 0 bridgehead atoms. The fourth-order valence-electron chi connectivity index (χ4n) is 8.99. The van der Waals surface area contributed by atoms with Gasteiger partial charge in [0, 0.05) is 16.5 Å². The van der Waals surface area contributed by atoms with Crippen molar-refractivity contribution in [2.75, 3.05) is 0 Å². The molecule has 0 fully saturated rings. The van der Waals surface area contributed by atoms with Gasteiger partial charge in [-0.25, -0.2) is 0 Å². The Morgan fingerprint density at radius 1 is 0.344 bits per heavy atom. The number of aromatic nitrogens is 1. The van der Waals surface area contributed by atoms with Crippen LogP contribution in [-0.4, -0.2) is 20.7 Å². The summed E-state index contributed by atoms with van der Waals surface area (Å²) in [5, 5.41) is 5.78. The van der Waals surface area contributed by atoms with Crippen LogP contribution in [0.4, 0.5) is 0 Å². The Morgan fingerprint density at radius 2 is 0.623 bits per heavy atom. The number of hydrogen-bond donors (Lipinski definition) is 0. The van der Waals surface area contributed by atoms with Crippen molar-refractivity contribution in [3.8, 4) is 5.69 Å². The van der Waals surface area contributed by atoms with E-state index in [-0.39, 0.29) is 91.8 Å². The van der Waals surface area contributed by atoms with E-state index < -0.39 is 33.6 Å². The van der Waals surface area contributed by atoms with Crippen LogP contribution in [-0.2, 0) is 5.41 Å². The molecule has 294 valence electrons. The highest BCUT2D eigenvalue weighted by Crippen LogP contribution is 2.33. The summed E-state index contributed by atoms with van der Waals surface area (Å²) >= 11 is 0. The van der Waals surface area contributed by atoms with E-state index >= 15 is 0 Å². The lowest BCUT2D eigenvalue weighted by atomic mass is 9.87. The predicted molar refractivity (Wildman–Crippen MR) is 267 cm³/mol. The van der Waals surface area contributed by atoms with E-state index in [1.165, 1.54) is 4.57 Å². The first-order valence-electron chi connectivity index (χ1n) is 25.6. The van der Waals surface area contributed by atoms with Gasteiger partial charge < -0.3 is 4.57 Å². The number of hydrogen-bond acceptors (Lipinski definition) is 0. The molecule has 1 nitrogen and oxygen atoms in total. The van der Waals surface area contributed by atoms with Crippen molar-refractivity contribution >= 4 is 79.4 Å². The van der Waals surface area contributed by atoms with Gasteiger partial charge in [-0.05, 0) is 76.6 Å². The largest absolute Gasteiger partial charge is 0.309 e. The summed E-state index contributed by atoms with van der Waals surface area (Å²) in [5.74, 6) is 0. The summed E-state index contributed by atoms with van der Waals surface area (Å²) in [7, 11) is -7.58. The molecule has 10 aromatic rings. The third-order valence-electron chi connectivity index (χ3n) is 11.9. The molecule has 1 aromatic heterocycles. The van der Waals surface area contributed by atoms with Gasteiger partial charge in [-0.3, -0.25) is 0 Å². The second-order valence-electron chi connectivity index (χ2n) is 16.5.